The number of rotatable bonds is 6. The van der Waals surface area contributed by atoms with Crippen LogP contribution in [0, 0.1) is 5.92 Å². The number of amides is 1. The molecule has 0 radical (unpaired) electrons. The first-order valence-electron chi connectivity index (χ1n) is 5.63. The van der Waals surface area contributed by atoms with E-state index in [2.05, 4.69) is 36.2 Å². The molecule has 1 atom stereocenters. The Kier molecular flexibility index (Phi) is 4.54. The number of hydrogen-bond acceptors (Lipinski definition) is 6. The molecule has 1 aromatic rings. The summed E-state index contributed by atoms with van der Waals surface area (Å²) in [5, 5.41) is 9.74. The van der Waals surface area contributed by atoms with E-state index in [1.165, 1.54) is 6.92 Å². The lowest BCUT2D eigenvalue weighted by molar-refractivity contribution is -0.114. The SMILES string of the molecule is CC(=O)Nc1nnc(S(=O)(=O)NCC(Br)C2CC2)s1. The number of nitrogens with zero attached hydrogens (tertiary/aromatic N) is 2. The van der Waals surface area contributed by atoms with Crippen molar-refractivity contribution in [3.8, 4) is 0 Å². The average molecular weight is 369 g/mol. The van der Waals surface area contributed by atoms with E-state index < -0.39 is 10.0 Å². The largest absolute Gasteiger partial charge is 0.301 e. The van der Waals surface area contributed by atoms with E-state index in [1.807, 2.05) is 0 Å². The number of hydrogen-bond donors (Lipinski definition) is 2. The predicted molar refractivity (Wildman–Crippen MR) is 74.8 cm³/mol. The highest BCUT2D eigenvalue weighted by molar-refractivity contribution is 9.09. The van der Waals surface area contributed by atoms with Gasteiger partial charge in [0.1, 0.15) is 0 Å². The first-order valence-corrected chi connectivity index (χ1v) is 8.85. The van der Waals surface area contributed by atoms with Gasteiger partial charge in [-0.25, -0.2) is 13.1 Å². The van der Waals surface area contributed by atoms with Gasteiger partial charge in [0.25, 0.3) is 10.0 Å². The standard InChI is InChI=1S/C9H13BrN4O3S2/c1-5(15)12-8-13-14-9(18-8)19(16,17)11-4-7(10)6-2-3-6/h6-7,11H,2-4H2,1H3,(H,12,13,15). The maximum atomic E-state index is 11.9. The second-order valence-corrected chi connectivity index (χ2v) is 8.35. The monoisotopic (exact) mass is 368 g/mol. The van der Waals surface area contributed by atoms with Crippen LogP contribution in [0.1, 0.15) is 19.8 Å². The summed E-state index contributed by atoms with van der Waals surface area (Å²) in [5.74, 6) is 0.231. The van der Waals surface area contributed by atoms with Gasteiger partial charge >= 0.3 is 0 Å². The molecule has 7 nitrogen and oxygen atoms in total. The maximum absolute atomic E-state index is 11.9. The summed E-state index contributed by atoms with van der Waals surface area (Å²) in [6, 6.07) is 0. The van der Waals surface area contributed by atoms with Crippen molar-refractivity contribution in [1.29, 1.82) is 0 Å². The highest BCUT2D eigenvalue weighted by Crippen LogP contribution is 2.36. The smallest absolute Gasteiger partial charge is 0.269 e. The summed E-state index contributed by atoms with van der Waals surface area (Å²) in [6.07, 6.45) is 2.26. The Morgan fingerprint density at radius 3 is 2.79 bits per heavy atom. The van der Waals surface area contributed by atoms with E-state index in [0.29, 0.717) is 12.5 Å². The molecule has 0 aromatic carbocycles. The molecule has 1 fully saturated rings. The molecule has 1 unspecified atom stereocenters. The van der Waals surface area contributed by atoms with Gasteiger partial charge in [-0.2, -0.15) is 0 Å². The number of aromatic nitrogens is 2. The second kappa shape index (κ2) is 5.81. The summed E-state index contributed by atoms with van der Waals surface area (Å²) in [6.45, 7) is 1.64. The van der Waals surface area contributed by atoms with E-state index >= 15 is 0 Å². The molecular formula is C9H13BrN4O3S2. The number of sulfonamides is 1. The summed E-state index contributed by atoms with van der Waals surface area (Å²) in [5.41, 5.74) is 0. The molecular weight excluding hydrogens is 356 g/mol. The highest BCUT2D eigenvalue weighted by Gasteiger charge is 2.30. The summed E-state index contributed by atoms with van der Waals surface area (Å²) in [7, 11) is -3.66. The molecule has 1 aliphatic rings. The van der Waals surface area contributed by atoms with Crippen molar-refractivity contribution in [3.05, 3.63) is 0 Å². The van der Waals surface area contributed by atoms with Crippen molar-refractivity contribution in [1.82, 2.24) is 14.9 Å². The first kappa shape index (κ1) is 14.8. The molecule has 0 saturated heterocycles. The number of carbonyl (C=O) groups is 1. The molecule has 1 aliphatic carbocycles. The molecule has 10 heteroatoms. The maximum Gasteiger partial charge on any atom is 0.269 e. The zero-order valence-corrected chi connectivity index (χ0v) is 13.3. The number of alkyl halides is 1. The molecule has 1 amide bonds. The van der Waals surface area contributed by atoms with Crippen LogP contribution in [0.25, 0.3) is 0 Å². The van der Waals surface area contributed by atoms with Crippen LogP contribution < -0.4 is 10.0 Å². The number of anilines is 1. The van der Waals surface area contributed by atoms with Crippen LogP contribution in [-0.2, 0) is 14.8 Å². The van der Waals surface area contributed by atoms with Gasteiger partial charge < -0.3 is 5.32 Å². The molecule has 1 aromatic heterocycles. The summed E-state index contributed by atoms with van der Waals surface area (Å²) >= 11 is 4.28. The van der Waals surface area contributed by atoms with Crippen molar-refractivity contribution in [2.45, 2.75) is 28.9 Å². The lowest BCUT2D eigenvalue weighted by atomic mass is 10.3. The molecule has 2 N–H and O–H groups in total. The van der Waals surface area contributed by atoms with Crippen molar-refractivity contribution >= 4 is 48.3 Å². The van der Waals surface area contributed by atoms with Gasteiger partial charge in [0, 0.05) is 18.3 Å². The Morgan fingerprint density at radius 2 is 2.21 bits per heavy atom. The normalized spacial score (nSPS) is 17.2. The topological polar surface area (TPSA) is 101 Å². The van der Waals surface area contributed by atoms with Gasteiger partial charge in [-0.05, 0) is 18.8 Å². The van der Waals surface area contributed by atoms with Crippen LogP contribution in [0.2, 0.25) is 0 Å². The van der Waals surface area contributed by atoms with Crippen LogP contribution in [0.5, 0.6) is 0 Å². The van der Waals surface area contributed by atoms with Crippen LogP contribution in [-0.4, -0.2) is 35.9 Å². The van der Waals surface area contributed by atoms with Crippen molar-refractivity contribution in [2.75, 3.05) is 11.9 Å². The molecule has 0 spiro atoms. The fourth-order valence-electron chi connectivity index (χ4n) is 1.40. The average Bonchev–Trinajstić information content (AvgIpc) is 3.06. The Balaban J connectivity index is 1.97. The number of carbonyl (C=O) groups excluding carboxylic acids is 1. The molecule has 106 valence electrons. The fraction of sp³-hybridized carbons (Fsp3) is 0.667. The van der Waals surface area contributed by atoms with E-state index in [9.17, 15) is 13.2 Å². The fourth-order valence-corrected chi connectivity index (χ4v) is 4.35. The van der Waals surface area contributed by atoms with E-state index in [-0.39, 0.29) is 20.2 Å². The van der Waals surface area contributed by atoms with Gasteiger partial charge in [0.05, 0.1) is 0 Å². The Labute approximate surface area is 123 Å². The highest BCUT2D eigenvalue weighted by atomic mass is 79.9. The van der Waals surface area contributed by atoms with Crippen LogP contribution >= 0.6 is 27.3 Å². The van der Waals surface area contributed by atoms with Crippen molar-refractivity contribution in [2.24, 2.45) is 5.92 Å². The minimum Gasteiger partial charge on any atom is -0.301 e. The lowest BCUT2D eigenvalue weighted by Gasteiger charge is -2.08. The third-order valence-corrected chi connectivity index (χ3v) is 6.22. The molecule has 0 aliphatic heterocycles. The third kappa shape index (κ3) is 4.20. The Bertz CT molecular complexity index is 570. The minimum absolute atomic E-state index is 0.144. The Morgan fingerprint density at radius 1 is 1.53 bits per heavy atom. The van der Waals surface area contributed by atoms with Crippen molar-refractivity contribution in [3.63, 3.8) is 0 Å². The first-order chi connectivity index (χ1) is 8.88. The van der Waals surface area contributed by atoms with Gasteiger partial charge in [-0.1, -0.05) is 27.3 Å². The van der Waals surface area contributed by atoms with Crippen LogP contribution in [0.3, 0.4) is 0 Å². The zero-order chi connectivity index (χ0) is 14.0. The van der Waals surface area contributed by atoms with Gasteiger partial charge in [0.15, 0.2) is 0 Å². The molecule has 0 bridgehead atoms. The molecule has 2 rings (SSSR count). The number of halogens is 1. The van der Waals surface area contributed by atoms with E-state index in [4.69, 9.17) is 0 Å². The zero-order valence-electron chi connectivity index (χ0n) is 10.1. The minimum atomic E-state index is -3.66. The quantitative estimate of drug-likeness (QED) is 0.574. The van der Waals surface area contributed by atoms with Gasteiger partial charge in [0.2, 0.25) is 15.4 Å². The number of nitrogens with one attached hydrogen (secondary N) is 2. The Hall–Kier alpha value is -0.580. The molecule has 1 saturated carbocycles. The molecule has 19 heavy (non-hydrogen) atoms. The van der Waals surface area contributed by atoms with Gasteiger partial charge in [-0.3, -0.25) is 4.79 Å². The summed E-state index contributed by atoms with van der Waals surface area (Å²) < 4.78 is 26.2. The lowest BCUT2D eigenvalue weighted by Crippen LogP contribution is -2.30. The van der Waals surface area contributed by atoms with Crippen LogP contribution in [0.4, 0.5) is 5.13 Å². The van der Waals surface area contributed by atoms with E-state index in [0.717, 1.165) is 24.2 Å². The second-order valence-electron chi connectivity index (χ2n) is 4.26. The van der Waals surface area contributed by atoms with Crippen LogP contribution in [0.15, 0.2) is 4.34 Å². The predicted octanol–water partition coefficient (Wildman–Crippen LogP) is 0.948. The summed E-state index contributed by atoms with van der Waals surface area (Å²) in [4.78, 5) is 11.0. The van der Waals surface area contributed by atoms with E-state index in [1.54, 1.807) is 0 Å². The third-order valence-electron chi connectivity index (χ3n) is 2.52. The molecule has 1 heterocycles. The van der Waals surface area contributed by atoms with Gasteiger partial charge in [-0.15, -0.1) is 10.2 Å². The van der Waals surface area contributed by atoms with Crippen molar-refractivity contribution < 1.29 is 13.2 Å².